The molecule has 1 fully saturated rings. The molecular formula is C12H19NO2. The van der Waals surface area contributed by atoms with Crippen molar-refractivity contribution < 1.29 is 9.52 Å². The molecule has 1 N–H and O–H groups in total. The molecule has 0 spiro atoms. The van der Waals surface area contributed by atoms with Gasteiger partial charge in [-0.2, -0.15) is 0 Å². The first kappa shape index (κ1) is 10.7. The zero-order valence-corrected chi connectivity index (χ0v) is 9.28. The lowest BCUT2D eigenvalue weighted by Crippen LogP contribution is -2.28. The quantitative estimate of drug-likeness (QED) is 0.825. The summed E-state index contributed by atoms with van der Waals surface area (Å²) in [7, 11) is 2.15. The maximum Gasteiger partial charge on any atom is 0.129 e. The Morgan fingerprint density at radius 1 is 1.33 bits per heavy atom. The van der Waals surface area contributed by atoms with Crippen molar-refractivity contribution in [2.75, 3.05) is 7.05 Å². The standard InChI is InChI=1S/C12H19NO2/c1-13(10-4-2-3-5-10)8-11-6-7-12(9-14)15-11/h6-7,10,14H,2-5,8-9H2,1H3. The van der Waals surface area contributed by atoms with Gasteiger partial charge in [-0.05, 0) is 32.0 Å². The molecule has 0 aliphatic heterocycles. The van der Waals surface area contributed by atoms with Crippen molar-refractivity contribution in [3.63, 3.8) is 0 Å². The number of hydrogen-bond acceptors (Lipinski definition) is 3. The number of aliphatic hydroxyl groups excluding tert-OH is 1. The van der Waals surface area contributed by atoms with Gasteiger partial charge < -0.3 is 9.52 Å². The third-order valence-corrected chi connectivity index (χ3v) is 3.23. The van der Waals surface area contributed by atoms with E-state index in [1.807, 2.05) is 12.1 Å². The summed E-state index contributed by atoms with van der Waals surface area (Å²) in [5.74, 6) is 1.61. The van der Waals surface area contributed by atoms with Crippen molar-refractivity contribution in [3.05, 3.63) is 23.7 Å². The van der Waals surface area contributed by atoms with Crippen LogP contribution in [-0.4, -0.2) is 23.1 Å². The average molecular weight is 209 g/mol. The molecule has 84 valence electrons. The molecule has 0 amide bonds. The molecule has 1 heterocycles. The highest BCUT2D eigenvalue weighted by atomic mass is 16.4. The van der Waals surface area contributed by atoms with Crippen LogP contribution in [0.25, 0.3) is 0 Å². The van der Waals surface area contributed by atoms with E-state index in [0.717, 1.165) is 12.3 Å². The van der Waals surface area contributed by atoms with Gasteiger partial charge in [-0.15, -0.1) is 0 Å². The lowest BCUT2D eigenvalue weighted by Gasteiger charge is -2.22. The Labute approximate surface area is 90.7 Å². The topological polar surface area (TPSA) is 36.6 Å². The van der Waals surface area contributed by atoms with Gasteiger partial charge in [0.25, 0.3) is 0 Å². The number of aliphatic hydroxyl groups is 1. The lowest BCUT2D eigenvalue weighted by atomic mass is 10.2. The Morgan fingerprint density at radius 2 is 2.00 bits per heavy atom. The summed E-state index contributed by atoms with van der Waals surface area (Å²) in [6, 6.07) is 4.52. The molecule has 0 atom stereocenters. The van der Waals surface area contributed by atoms with Crippen LogP contribution in [0, 0.1) is 0 Å². The zero-order valence-electron chi connectivity index (χ0n) is 9.28. The smallest absolute Gasteiger partial charge is 0.129 e. The molecule has 1 aromatic heterocycles. The fourth-order valence-electron chi connectivity index (χ4n) is 2.31. The molecule has 2 rings (SSSR count). The van der Waals surface area contributed by atoms with E-state index < -0.39 is 0 Å². The second-order valence-electron chi connectivity index (χ2n) is 4.38. The SMILES string of the molecule is CN(Cc1ccc(CO)o1)C1CCCC1. The Bertz CT molecular complexity index is 302. The molecule has 0 radical (unpaired) electrons. The molecule has 1 saturated carbocycles. The van der Waals surface area contributed by atoms with Crippen molar-refractivity contribution in [3.8, 4) is 0 Å². The van der Waals surface area contributed by atoms with Gasteiger partial charge in [-0.1, -0.05) is 12.8 Å². The third-order valence-electron chi connectivity index (χ3n) is 3.23. The summed E-state index contributed by atoms with van der Waals surface area (Å²) in [5, 5.41) is 8.89. The van der Waals surface area contributed by atoms with Crippen LogP contribution in [0.1, 0.15) is 37.2 Å². The van der Waals surface area contributed by atoms with Crippen LogP contribution in [-0.2, 0) is 13.2 Å². The van der Waals surface area contributed by atoms with Crippen molar-refractivity contribution in [1.82, 2.24) is 4.90 Å². The Hall–Kier alpha value is -0.800. The monoisotopic (exact) mass is 209 g/mol. The first-order chi connectivity index (χ1) is 7.29. The predicted octanol–water partition coefficient (Wildman–Crippen LogP) is 2.15. The third kappa shape index (κ3) is 2.61. The summed E-state index contributed by atoms with van der Waals surface area (Å²) in [6.07, 6.45) is 5.33. The van der Waals surface area contributed by atoms with E-state index in [9.17, 15) is 0 Å². The van der Waals surface area contributed by atoms with Crippen LogP contribution in [0.3, 0.4) is 0 Å². The van der Waals surface area contributed by atoms with Crippen LogP contribution in [0.5, 0.6) is 0 Å². The molecule has 1 aromatic rings. The maximum atomic E-state index is 8.89. The van der Waals surface area contributed by atoms with E-state index >= 15 is 0 Å². The van der Waals surface area contributed by atoms with E-state index in [1.54, 1.807) is 0 Å². The van der Waals surface area contributed by atoms with Crippen molar-refractivity contribution in [1.29, 1.82) is 0 Å². The largest absolute Gasteiger partial charge is 0.462 e. The highest BCUT2D eigenvalue weighted by Crippen LogP contribution is 2.23. The summed E-state index contributed by atoms with van der Waals surface area (Å²) in [5.41, 5.74) is 0. The van der Waals surface area contributed by atoms with Crippen LogP contribution in [0.15, 0.2) is 16.5 Å². The Balaban J connectivity index is 1.89. The molecule has 1 aliphatic carbocycles. The normalized spacial score (nSPS) is 17.8. The van der Waals surface area contributed by atoms with Crippen LogP contribution in [0.4, 0.5) is 0 Å². The molecular weight excluding hydrogens is 190 g/mol. The molecule has 0 bridgehead atoms. The Morgan fingerprint density at radius 3 is 2.60 bits per heavy atom. The fraction of sp³-hybridized carbons (Fsp3) is 0.667. The van der Waals surface area contributed by atoms with Gasteiger partial charge in [-0.3, -0.25) is 4.90 Å². The van der Waals surface area contributed by atoms with E-state index in [2.05, 4.69) is 11.9 Å². The predicted molar refractivity (Wildman–Crippen MR) is 58.4 cm³/mol. The van der Waals surface area contributed by atoms with E-state index in [0.29, 0.717) is 11.8 Å². The number of rotatable bonds is 4. The van der Waals surface area contributed by atoms with Gasteiger partial charge in [0.2, 0.25) is 0 Å². The van der Waals surface area contributed by atoms with Crippen molar-refractivity contribution >= 4 is 0 Å². The van der Waals surface area contributed by atoms with Gasteiger partial charge in [0.15, 0.2) is 0 Å². The Kier molecular flexibility index (Phi) is 3.44. The summed E-state index contributed by atoms with van der Waals surface area (Å²) in [6.45, 7) is 0.845. The van der Waals surface area contributed by atoms with Crippen LogP contribution >= 0.6 is 0 Å². The average Bonchev–Trinajstić information content (AvgIpc) is 2.87. The summed E-state index contributed by atoms with van der Waals surface area (Å²) >= 11 is 0. The molecule has 0 aromatic carbocycles. The number of furan rings is 1. The zero-order chi connectivity index (χ0) is 10.7. The highest BCUT2D eigenvalue weighted by Gasteiger charge is 2.20. The molecule has 1 aliphatic rings. The highest BCUT2D eigenvalue weighted by molar-refractivity contribution is 5.06. The van der Waals surface area contributed by atoms with Crippen LogP contribution < -0.4 is 0 Å². The van der Waals surface area contributed by atoms with Crippen LogP contribution in [0.2, 0.25) is 0 Å². The first-order valence-corrected chi connectivity index (χ1v) is 5.68. The van der Waals surface area contributed by atoms with E-state index in [4.69, 9.17) is 9.52 Å². The molecule has 3 nitrogen and oxygen atoms in total. The second kappa shape index (κ2) is 4.81. The van der Waals surface area contributed by atoms with Gasteiger partial charge in [0, 0.05) is 6.04 Å². The molecule has 0 saturated heterocycles. The minimum Gasteiger partial charge on any atom is -0.462 e. The molecule has 0 unspecified atom stereocenters. The fourth-order valence-corrected chi connectivity index (χ4v) is 2.31. The summed E-state index contributed by atoms with van der Waals surface area (Å²) in [4.78, 5) is 2.35. The van der Waals surface area contributed by atoms with Gasteiger partial charge in [0.05, 0.1) is 6.54 Å². The van der Waals surface area contributed by atoms with Crippen molar-refractivity contribution in [2.45, 2.75) is 44.9 Å². The van der Waals surface area contributed by atoms with Gasteiger partial charge in [0.1, 0.15) is 18.1 Å². The molecule has 3 heteroatoms. The van der Waals surface area contributed by atoms with E-state index in [1.165, 1.54) is 25.7 Å². The minimum absolute atomic E-state index is 0.00680. The first-order valence-electron chi connectivity index (χ1n) is 5.68. The minimum atomic E-state index is -0.00680. The lowest BCUT2D eigenvalue weighted by molar-refractivity contribution is 0.205. The van der Waals surface area contributed by atoms with Gasteiger partial charge in [-0.25, -0.2) is 0 Å². The molecule has 15 heavy (non-hydrogen) atoms. The van der Waals surface area contributed by atoms with Gasteiger partial charge >= 0.3 is 0 Å². The maximum absolute atomic E-state index is 8.89. The number of nitrogens with zero attached hydrogens (tertiary/aromatic N) is 1. The second-order valence-corrected chi connectivity index (χ2v) is 4.38. The van der Waals surface area contributed by atoms with E-state index in [-0.39, 0.29) is 6.61 Å². The number of hydrogen-bond donors (Lipinski definition) is 1. The van der Waals surface area contributed by atoms with Crippen molar-refractivity contribution in [2.24, 2.45) is 0 Å². The summed E-state index contributed by atoms with van der Waals surface area (Å²) < 4.78 is 5.47.